The Hall–Kier alpha value is -0.910. The smallest absolute Gasteiger partial charge is 0.169 e. The van der Waals surface area contributed by atoms with Crippen molar-refractivity contribution in [2.75, 3.05) is 0 Å². The van der Waals surface area contributed by atoms with Crippen molar-refractivity contribution in [3.8, 4) is 0 Å². The predicted molar refractivity (Wildman–Crippen MR) is 63.8 cm³/mol. The maximum absolute atomic E-state index is 13.6. The summed E-state index contributed by atoms with van der Waals surface area (Å²) in [6.07, 6.45) is 0. The average molecular weight is 323 g/mol. The molecule has 1 aromatic heterocycles. The van der Waals surface area contributed by atoms with Crippen LogP contribution in [0.5, 0.6) is 0 Å². The van der Waals surface area contributed by atoms with E-state index in [0.717, 1.165) is 12.1 Å². The van der Waals surface area contributed by atoms with Crippen molar-refractivity contribution in [2.24, 2.45) is 5.73 Å². The third-order valence-electron chi connectivity index (χ3n) is 2.28. The van der Waals surface area contributed by atoms with Gasteiger partial charge in [-0.3, -0.25) is 0 Å². The van der Waals surface area contributed by atoms with Gasteiger partial charge in [-0.2, -0.15) is 0 Å². The van der Waals surface area contributed by atoms with E-state index >= 15 is 0 Å². The predicted octanol–water partition coefficient (Wildman–Crippen LogP) is 4.02. The van der Waals surface area contributed by atoms with E-state index in [1.165, 1.54) is 0 Å². The van der Waals surface area contributed by atoms with Crippen molar-refractivity contribution < 1.29 is 13.2 Å². The molecule has 6 heteroatoms. The van der Waals surface area contributed by atoms with Gasteiger partial charge in [-0.15, -0.1) is 0 Å². The number of hydrogen-bond acceptors (Lipinski definition) is 2. The minimum Gasteiger partial charge on any atom is -0.452 e. The van der Waals surface area contributed by atoms with E-state index in [-0.39, 0.29) is 10.6 Å². The van der Waals surface area contributed by atoms with Crippen LogP contribution in [0.1, 0.15) is 17.4 Å². The quantitative estimate of drug-likeness (QED) is 0.848. The maximum atomic E-state index is 13.6. The van der Waals surface area contributed by atoms with E-state index in [2.05, 4.69) is 15.9 Å². The minimum atomic E-state index is -0.881. The fourth-order valence-corrected chi connectivity index (χ4v) is 1.89. The molecule has 2 rings (SSSR count). The lowest BCUT2D eigenvalue weighted by Crippen LogP contribution is -2.13. The van der Waals surface area contributed by atoms with Crippen molar-refractivity contribution >= 4 is 27.5 Å². The first-order valence-electron chi connectivity index (χ1n) is 4.64. The molecule has 0 amide bonds. The Labute approximate surface area is 109 Å². The van der Waals surface area contributed by atoms with Crippen molar-refractivity contribution in [3.63, 3.8) is 0 Å². The molecule has 0 aliphatic rings. The van der Waals surface area contributed by atoms with Crippen molar-refractivity contribution in [2.45, 2.75) is 6.04 Å². The van der Waals surface area contributed by atoms with Gasteiger partial charge < -0.3 is 10.2 Å². The molecule has 0 saturated carbocycles. The van der Waals surface area contributed by atoms with Crippen LogP contribution < -0.4 is 5.73 Å². The van der Waals surface area contributed by atoms with Crippen LogP contribution in [0.25, 0.3) is 0 Å². The third kappa shape index (κ3) is 2.51. The molecule has 0 aliphatic heterocycles. The van der Waals surface area contributed by atoms with E-state index < -0.39 is 17.7 Å². The minimum absolute atomic E-state index is 0.00579. The number of rotatable bonds is 2. The Morgan fingerprint density at radius 2 is 1.94 bits per heavy atom. The van der Waals surface area contributed by atoms with Crippen molar-refractivity contribution in [1.29, 1.82) is 0 Å². The molecule has 0 aliphatic carbocycles. The van der Waals surface area contributed by atoms with Crippen LogP contribution in [0.4, 0.5) is 8.78 Å². The zero-order valence-corrected chi connectivity index (χ0v) is 10.7. The summed E-state index contributed by atoms with van der Waals surface area (Å²) in [5.74, 6) is -1.06. The van der Waals surface area contributed by atoms with Gasteiger partial charge in [0, 0.05) is 5.56 Å². The Morgan fingerprint density at radius 1 is 1.24 bits per heavy atom. The fourth-order valence-electron chi connectivity index (χ4n) is 1.42. The lowest BCUT2D eigenvalue weighted by molar-refractivity contribution is 0.461. The summed E-state index contributed by atoms with van der Waals surface area (Å²) in [6, 6.07) is 4.19. The molecule has 0 radical (unpaired) electrons. The monoisotopic (exact) mass is 321 g/mol. The van der Waals surface area contributed by atoms with E-state index in [0.29, 0.717) is 10.4 Å². The molecule has 0 fully saturated rings. The molecule has 1 atom stereocenters. The topological polar surface area (TPSA) is 39.2 Å². The zero-order chi connectivity index (χ0) is 12.6. The molecule has 2 nitrogen and oxygen atoms in total. The van der Waals surface area contributed by atoms with Crippen LogP contribution in [-0.2, 0) is 0 Å². The summed E-state index contributed by atoms with van der Waals surface area (Å²) < 4.78 is 32.5. The second-order valence-electron chi connectivity index (χ2n) is 3.41. The number of hydrogen-bond donors (Lipinski definition) is 1. The molecular formula is C11H7BrClF2NO. The van der Waals surface area contributed by atoms with Crippen LogP contribution in [0.15, 0.2) is 33.4 Å². The summed E-state index contributed by atoms with van der Waals surface area (Å²) in [5.41, 5.74) is 5.78. The molecule has 1 unspecified atom stereocenters. The maximum Gasteiger partial charge on any atom is 0.169 e. The van der Waals surface area contributed by atoms with Crippen LogP contribution in [-0.4, -0.2) is 0 Å². The summed E-state index contributed by atoms with van der Waals surface area (Å²) in [6.45, 7) is 0. The molecule has 0 bridgehead atoms. The first kappa shape index (κ1) is 12.5. The largest absolute Gasteiger partial charge is 0.452 e. The molecular weight excluding hydrogens is 315 g/mol. The highest BCUT2D eigenvalue weighted by atomic mass is 79.9. The molecule has 1 heterocycles. The Bertz CT molecular complexity index is 558. The van der Waals surface area contributed by atoms with Crippen LogP contribution in [0, 0.1) is 11.6 Å². The normalized spacial score (nSPS) is 12.8. The third-order valence-corrected chi connectivity index (χ3v) is 2.99. The van der Waals surface area contributed by atoms with Crippen LogP contribution in [0.3, 0.4) is 0 Å². The van der Waals surface area contributed by atoms with Crippen LogP contribution >= 0.6 is 27.5 Å². The molecule has 17 heavy (non-hydrogen) atoms. The first-order chi connectivity index (χ1) is 7.99. The van der Waals surface area contributed by atoms with E-state index in [1.54, 1.807) is 12.1 Å². The highest BCUT2D eigenvalue weighted by Crippen LogP contribution is 2.28. The summed E-state index contributed by atoms with van der Waals surface area (Å²) in [4.78, 5) is 0. The second-order valence-corrected chi connectivity index (χ2v) is 4.60. The van der Waals surface area contributed by atoms with E-state index in [9.17, 15) is 8.78 Å². The zero-order valence-electron chi connectivity index (χ0n) is 8.38. The van der Waals surface area contributed by atoms with Crippen molar-refractivity contribution in [3.05, 3.63) is 56.9 Å². The Morgan fingerprint density at radius 3 is 2.53 bits per heavy atom. The Kier molecular flexibility index (Phi) is 3.51. The second kappa shape index (κ2) is 4.76. The summed E-state index contributed by atoms with van der Waals surface area (Å²) >= 11 is 8.56. The molecule has 1 aromatic carbocycles. The highest BCUT2D eigenvalue weighted by Gasteiger charge is 2.19. The van der Waals surface area contributed by atoms with Gasteiger partial charge >= 0.3 is 0 Å². The van der Waals surface area contributed by atoms with Gasteiger partial charge in [0.15, 0.2) is 4.67 Å². The Balaban J connectivity index is 2.43. The van der Waals surface area contributed by atoms with Gasteiger partial charge in [-0.1, -0.05) is 11.6 Å². The lowest BCUT2D eigenvalue weighted by Gasteiger charge is -2.11. The van der Waals surface area contributed by atoms with Gasteiger partial charge in [0.1, 0.15) is 17.4 Å². The van der Waals surface area contributed by atoms with E-state index in [1.807, 2.05) is 0 Å². The SMILES string of the molecule is NC(c1ccc(Br)o1)c1cc(F)c(Cl)cc1F. The molecule has 90 valence electrons. The lowest BCUT2D eigenvalue weighted by atomic mass is 10.0. The number of benzene rings is 1. The average Bonchev–Trinajstić information content (AvgIpc) is 2.69. The summed E-state index contributed by atoms with van der Waals surface area (Å²) in [5, 5.41) is -0.279. The van der Waals surface area contributed by atoms with Gasteiger partial charge in [-0.05, 0) is 40.2 Å². The fraction of sp³-hybridized carbons (Fsp3) is 0.0909. The van der Waals surface area contributed by atoms with Crippen LogP contribution in [0.2, 0.25) is 5.02 Å². The molecule has 0 spiro atoms. The highest BCUT2D eigenvalue weighted by molar-refractivity contribution is 9.10. The van der Waals surface area contributed by atoms with Gasteiger partial charge in [0.05, 0.1) is 11.1 Å². The van der Waals surface area contributed by atoms with Crippen molar-refractivity contribution in [1.82, 2.24) is 0 Å². The molecule has 0 saturated heterocycles. The number of furan rings is 1. The van der Waals surface area contributed by atoms with Gasteiger partial charge in [-0.25, -0.2) is 8.78 Å². The standard InChI is InChI=1S/C11H7BrClF2NO/c12-10-2-1-9(17-10)11(16)5-3-8(15)6(13)4-7(5)14/h1-4,11H,16H2. The number of halogens is 4. The first-order valence-corrected chi connectivity index (χ1v) is 5.81. The summed E-state index contributed by atoms with van der Waals surface area (Å²) in [7, 11) is 0. The van der Waals surface area contributed by atoms with Gasteiger partial charge in [0.25, 0.3) is 0 Å². The van der Waals surface area contributed by atoms with Gasteiger partial charge in [0.2, 0.25) is 0 Å². The molecule has 2 N–H and O–H groups in total. The van der Waals surface area contributed by atoms with E-state index in [4.69, 9.17) is 21.8 Å². The number of nitrogens with two attached hydrogens (primary N) is 1. The molecule has 2 aromatic rings.